The van der Waals surface area contributed by atoms with Gasteiger partial charge in [0.25, 0.3) is 0 Å². The van der Waals surface area contributed by atoms with Crippen molar-refractivity contribution < 1.29 is 14.1 Å². The van der Waals surface area contributed by atoms with Crippen LogP contribution >= 0.6 is 0 Å². The number of hydrogen-bond donors (Lipinski definition) is 1. The molecule has 3 aromatic rings. The summed E-state index contributed by atoms with van der Waals surface area (Å²) in [6.45, 7) is 5.20. The lowest BCUT2D eigenvalue weighted by atomic mass is 10.2. The average molecular weight is 339 g/mol. The van der Waals surface area contributed by atoms with E-state index in [-0.39, 0.29) is 6.03 Å². The number of amides is 2. The van der Waals surface area contributed by atoms with Crippen LogP contribution in [0.25, 0.3) is 11.0 Å². The number of urea groups is 1. The van der Waals surface area contributed by atoms with Crippen LogP contribution in [0.2, 0.25) is 0 Å². The molecule has 0 bridgehead atoms. The Morgan fingerprint density at radius 2 is 1.92 bits per heavy atom. The van der Waals surface area contributed by atoms with Gasteiger partial charge in [-0.1, -0.05) is 29.4 Å². The lowest BCUT2D eigenvalue weighted by molar-refractivity contribution is 0.245. The number of carbonyl (C=O) groups is 1. The zero-order valence-electron chi connectivity index (χ0n) is 14.4. The summed E-state index contributed by atoms with van der Waals surface area (Å²) >= 11 is 0. The molecule has 0 saturated heterocycles. The minimum Gasteiger partial charge on any atom is -0.492 e. The van der Waals surface area contributed by atoms with Gasteiger partial charge in [0, 0.05) is 11.9 Å². The van der Waals surface area contributed by atoms with Crippen LogP contribution in [0.4, 0.5) is 10.5 Å². The first-order valence-corrected chi connectivity index (χ1v) is 8.35. The number of nitrogens with one attached hydrogen (secondary N) is 1. The monoisotopic (exact) mass is 339 g/mol. The van der Waals surface area contributed by atoms with E-state index in [2.05, 4.69) is 10.5 Å². The van der Waals surface area contributed by atoms with Crippen molar-refractivity contribution in [3.8, 4) is 5.75 Å². The number of benzene rings is 2. The lowest BCUT2D eigenvalue weighted by Crippen LogP contribution is -2.39. The lowest BCUT2D eigenvalue weighted by Gasteiger charge is -2.23. The minimum atomic E-state index is -0.207. The maximum absolute atomic E-state index is 12.7. The first-order valence-electron chi connectivity index (χ1n) is 8.35. The predicted molar refractivity (Wildman–Crippen MR) is 96.9 cm³/mol. The molecule has 0 aliphatic rings. The summed E-state index contributed by atoms with van der Waals surface area (Å²) in [7, 11) is 0. The minimum absolute atomic E-state index is 0.207. The molecule has 2 aromatic carbocycles. The van der Waals surface area contributed by atoms with Crippen molar-refractivity contribution >= 4 is 22.7 Å². The Hall–Kier alpha value is -3.02. The summed E-state index contributed by atoms with van der Waals surface area (Å²) < 4.78 is 10.9. The van der Waals surface area contributed by atoms with Crippen LogP contribution in [-0.4, -0.2) is 24.3 Å². The Labute approximate surface area is 146 Å². The highest BCUT2D eigenvalue weighted by atomic mass is 16.5. The maximum Gasteiger partial charge on any atom is 0.322 e. The van der Waals surface area contributed by atoms with Crippen LogP contribution in [-0.2, 0) is 6.54 Å². The molecule has 0 fully saturated rings. The summed E-state index contributed by atoms with van der Waals surface area (Å²) in [4.78, 5) is 14.3. The van der Waals surface area contributed by atoms with E-state index in [0.717, 1.165) is 11.1 Å². The van der Waals surface area contributed by atoms with Gasteiger partial charge in [0.05, 0.1) is 18.8 Å². The van der Waals surface area contributed by atoms with Gasteiger partial charge < -0.3 is 14.6 Å². The quantitative estimate of drug-likeness (QED) is 0.738. The number of aromatic nitrogens is 1. The number of nitrogens with zero attached hydrogens (tertiary/aromatic N) is 2. The van der Waals surface area contributed by atoms with Gasteiger partial charge in [0.1, 0.15) is 11.4 Å². The highest BCUT2D eigenvalue weighted by Crippen LogP contribution is 2.28. The summed E-state index contributed by atoms with van der Waals surface area (Å²) in [6.07, 6.45) is 0. The average Bonchev–Trinajstić information content (AvgIpc) is 3.05. The van der Waals surface area contributed by atoms with Crippen molar-refractivity contribution in [3.05, 3.63) is 54.2 Å². The topological polar surface area (TPSA) is 67.6 Å². The molecule has 6 nitrogen and oxygen atoms in total. The van der Waals surface area contributed by atoms with Gasteiger partial charge in [0.2, 0.25) is 0 Å². The van der Waals surface area contributed by atoms with Crippen molar-refractivity contribution in [1.29, 1.82) is 0 Å². The number of anilines is 1. The number of rotatable bonds is 6. The second kappa shape index (κ2) is 7.70. The van der Waals surface area contributed by atoms with Crippen LogP contribution in [0.5, 0.6) is 5.75 Å². The van der Waals surface area contributed by atoms with Crippen molar-refractivity contribution in [1.82, 2.24) is 10.5 Å². The van der Waals surface area contributed by atoms with E-state index in [1.807, 2.05) is 62.4 Å². The van der Waals surface area contributed by atoms with E-state index < -0.39 is 0 Å². The summed E-state index contributed by atoms with van der Waals surface area (Å²) in [5.41, 5.74) is 2.16. The van der Waals surface area contributed by atoms with Crippen LogP contribution in [0.3, 0.4) is 0 Å². The molecular formula is C19H21N3O3. The van der Waals surface area contributed by atoms with Gasteiger partial charge >= 0.3 is 6.03 Å². The normalized spacial score (nSPS) is 10.6. The Balaban J connectivity index is 1.75. The maximum atomic E-state index is 12.7. The zero-order chi connectivity index (χ0) is 17.6. The molecule has 25 heavy (non-hydrogen) atoms. The summed E-state index contributed by atoms with van der Waals surface area (Å²) in [6, 6.07) is 14.9. The molecule has 1 heterocycles. The molecule has 0 radical (unpaired) electrons. The van der Waals surface area contributed by atoms with Crippen LogP contribution in [0.15, 0.2) is 53.1 Å². The molecule has 130 valence electrons. The molecule has 6 heteroatoms. The number of ether oxygens (including phenoxy) is 1. The predicted octanol–water partition coefficient (Wildman–Crippen LogP) is 3.96. The van der Waals surface area contributed by atoms with Gasteiger partial charge in [-0.3, -0.25) is 4.90 Å². The Morgan fingerprint density at radius 1 is 1.16 bits per heavy atom. The molecule has 0 spiro atoms. The van der Waals surface area contributed by atoms with Gasteiger partial charge in [-0.15, -0.1) is 0 Å². The third-order valence-corrected chi connectivity index (χ3v) is 3.88. The van der Waals surface area contributed by atoms with Crippen LogP contribution in [0, 0.1) is 0 Å². The molecule has 1 N–H and O–H groups in total. The highest BCUT2D eigenvalue weighted by molar-refractivity contribution is 5.93. The van der Waals surface area contributed by atoms with E-state index in [9.17, 15) is 4.79 Å². The van der Waals surface area contributed by atoms with Crippen LogP contribution < -0.4 is 15.0 Å². The third-order valence-electron chi connectivity index (χ3n) is 3.88. The Bertz CT molecular complexity index is 860. The molecule has 3 rings (SSSR count). The standard InChI is InChI=1S/C19H21N3O3/c1-3-22(16-10-6-8-12-18(16)24-4-2)19(23)20-13-15-14-9-5-7-11-17(14)25-21-15/h5-12H,3-4,13H2,1-2H3,(H,20,23). The third kappa shape index (κ3) is 3.57. The van der Waals surface area contributed by atoms with Crippen molar-refractivity contribution in [3.63, 3.8) is 0 Å². The molecule has 0 aliphatic heterocycles. The van der Waals surface area contributed by atoms with Crippen molar-refractivity contribution in [2.24, 2.45) is 0 Å². The van der Waals surface area contributed by atoms with E-state index in [0.29, 0.717) is 36.7 Å². The summed E-state index contributed by atoms with van der Waals surface area (Å²) in [5.74, 6) is 0.689. The molecule has 0 saturated carbocycles. The van der Waals surface area contributed by atoms with E-state index in [1.165, 1.54) is 0 Å². The first kappa shape index (κ1) is 16.8. The van der Waals surface area contributed by atoms with Gasteiger partial charge in [-0.2, -0.15) is 0 Å². The Morgan fingerprint density at radius 3 is 2.72 bits per heavy atom. The highest BCUT2D eigenvalue weighted by Gasteiger charge is 2.18. The molecular weight excluding hydrogens is 318 g/mol. The molecule has 1 aromatic heterocycles. The fraction of sp³-hybridized carbons (Fsp3) is 0.263. The van der Waals surface area contributed by atoms with Gasteiger partial charge in [0.15, 0.2) is 5.58 Å². The number of para-hydroxylation sites is 3. The Kier molecular flexibility index (Phi) is 5.18. The number of carbonyl (C=O) groups excluding carboxylic acids is 1. The molecule has 0 aliphatic carbocycles. The van der Waals surface area contributed by atoms with E-state index in [1.54, 1.807) is 4.90 Å². The SMILES string of the molecule is CCOc1ccccc1N(CC)C(=O)NCc1noc2ccccc12. The second-order valence-electron chi connectivity index (χ2n) is 5.43. The zero-order valence-corrected chi connectivity index (χ0v) is 14.4. The smallest absolute Gasteiger partial charge is 0.322 e. The fourth-order valence-corrected chi connectivity index (χ4v) is 2.70. The van der Waals surface area contributed by atoms with E-state index in [4.69, 9.17) is 9.26 Å². The fourth-order valence-electron chi connectivity index (χ4n) is 2.70. The largest absolute Gasteiger partial charge is 0.492 e. The summed E-state index contributed by atoms with van der Waals surface area (Å²) in [5, 5.41) is 7.85. The van der Waals surface area contributed by atoms with Crippen molar-refractivity contribution in [2.45, 2.75) is 20.4 Å². The molecule has 2 amide bonds. The number of hydrogen-bond acceptors (Lipinski definition) is 4. The molecule has 0 unspecified atom stereocenters. The first-order chi connectivity index (χ1) is 12.2. The molecule has 0 atom stereocenters. The van der Waals surface area contributed by atoms with Gasteiger partial charge in [-0.05, 0) is 38.1 Å². The van der Waals surface area contributed by atoms with Crippen LogP contribution in [0.1, 0.15) is 19.5 Å². The van der Waals surface area contributed by atoms with Crippen molar-refractivity contribution in [2.75, 3.05) is 18.1 Å². The van der Waals surface area contributed by atoms with E-state index >= 15 is 0 Å². The van der Waals surface area contributed by atoms with Gasteiger partial charge in [-0.25, -0.2) is 4.79 Å². The number of fused-ring (bicyclic) bond motifs is 1. The second-order valence-corrected chi connectivity index (χ2v) is 5.43.